The van der Waals surface area contributed by atoms with E-state index < -0.39 is 5.97 Å². The van der Waals surface area contributed by atoms with Gasteiger partial charge in [-0.1, -0.05) is 37.3 Å². The van der Waals surface area contributed by atoms with Gasteiger partial charge in [-0.3, -0.25) is 4.79 Å². The lowest BCUT2D eigenvalue weighted by molar-refractivity contribution is -0.141. The van der Waals surface area contributed by atoms with Crippen molar-refractivity contribution in [1.29, 1.82) is 0 Å². The van der Waals surface area contributed by atoms with E-state index in [0.29, 0.717) is 12.5 Å². The van der Waals surface area contributed by atoms with Crippen LogP contribution in [0.2, 0.25) is 0 Å². The molecule has 0 unspecified atom stereocenters. The lowest BCUT2D eigenvalue weighted by Gasteiger charge is -2.20. The molecule has 3 heteroatoms. The van der Waals surface area contributed by atoms with Crippen LogP contribution in [0.1, 0.15) is 24.8 Å². The van der Waals surface area contributed by atoms with Crippen molar-refractivity contribution in [1.82, 2.24) is 4.90 Å². The van der Waals surface area contributed by atoms with Crippen molar-refractivity contribution in [2.24, 2.45) is 5.92 Å². The molecule has 17 heavy (non-hydrogen) atoms. The zero-order valence-electron chi connectivity index (χ0n) is 10.2. The van der Waals surface area contributed by atoms with E-state index in [2.05, 4.69) is 36.1 Å². The SMILES string of the molecule is C[C@H](CN1CC[C@H](C(=O)O)C1)c1ccccc1. The molecule has 1 N–H and O–H groups in total. The van der Waals surface area contributed by atoms with Gasteiger partial charge in [0.15, 0.2) is 0 Å². The van der Waals surface area contributed by atoms with E-state index in [9.17, 15) is 4.79 Å². The lowest BCUT2D eigenvalue weighted by atomic mass is 10.0. The molecule has 1 aromatic rings. The Kier molecular flexibility index (Phi) is 3.79. The zero-order valence-corrected chi connectivity index (χ0v) is 10.2. The number of likely N-dealkylation sites (tertiary alicyclic amines) is 1. The zero-order chi connectivity index (χ0) is 12.3. The van der Waals surface area contributed by atoms with Crippen molar-refractivity contribution in [3.05, 3.63) is 35.9 Å². The summed E-state index contributed by atoms with van der Waals surface area (Å²) in [4.78, 5) is 13.1. The Morgan fingerprint density at radius 2 is 2.18 bits per heavy atom. The number of carboxylic acids is 1. The van der Waals surface area contributed by atoms with Gasteiger partial charge in [0.05, 0.1) is 5.92 Å². The van der Waals surface area contributed by atoms with Crippen molar-refractivity contribution in [3.8, 4) is 0 Å². The lowest BCUT2D eigenvalue weighted by Crippen LogP contribution is -2.27. The van der Waals surface area contributed by atoms with Gasteiger partial charge in [-0.05, 0) is 24.4 Å². The molecule has 1 heterocycles. The molecule has 1 saturated heterocycles. The standard InChI is InChI=1S/C14H19NO2/c1-11(12-5-3-2-4-6-12)9-15-8-7-13(10-15)14(16)17/h2-6,11,13H,7-10H2,1H3,(H,16,17)/t11-,13+/m1/s1. The van der Waals surface area contributed by atoms with Gasteiger partial charge in [0, 0.05) is 13.1 Å². The average Bonchev–Trinajstić information content (AvgIpc) is 2.79. The maximum absolute atomic E-state index is 10.9. The van der Waals surface area contributed by atoms with E-state index in [0.717, 1.165) is 19.5 Å². The molecule has 92 valence electrons. The van der Waals surface area contributed by atoms with E-state index in [1.165, 1.54) is 5.56 Å². The molecule has 1 aromatic carbocycles. The van der Waals surface area contributed by atoms with Crippen LogP contribution in [0.5, 0.6) is 0 Å². The second-order valence-corrected chi connectivity index (χ2v) is 4.90. The molecule has 0 saturated carbocycles. The monoisotopic (exact) mass is 233 g/mol. The summed E-state index contributed by atoms with van der Waals surface area (Å²) in [6.07, 6.45) is 0.789. The van der Waals surface area contributed by atoms with Crippen LogP contribution in [0.3, 0.4) is 0 Å². The Morgan fingerprint density at radius 1 is 1.47 bits per heavy atom. The molecule has 0 radical (unpaired) electrons. The number of carbonyl (C=O) groups is 1. The first-order chi connectivity index (χ1) is 8.16. The highest BCUT2D eigenvalue weighted by Gasteiger charge is 2.28. The third kappa shape index (κ3) is 3.07. The van der Waals surface area contributed by atoms with Crippen molar-refractivity contribution in [2.75, 3.05) is 19.6 Å². The molecule has 3 nitrogen and oxygen atoms in total. The number of hydrogen-bond donors (Lipinski definition) is 1. The minimum atomic E-state index is -0.653. The number of hydrogen-bond acceptors (Lipinski definition) is 2. The molecule has 0 aromatic heterocycles. The molecule has 0 bridgehead atoms. The predicted octanol–water partition coefficient (Wildman–Crippen LogP) is 2.20. The topological polar surface area (TPSA) is 40.5 Å². The Hall–Kier alpha value is -1.35. The largest absolute Gasteiger partial charge is 0.481 e. The van der Waals surface area contributed by atoms with Crippen LogP contribution < -0.4 is 0 Å². The molecule has 2 atom stereocenters. The van der Waals surface area contributed by atoms with Crippen LogP contribution in [0.25, 0.3) is 0 Å². The first-order valence-corrected chi connectivity index (χ1v) is 6.17. The van der Waals surface area contributed by atoms with Gasteiger partial charge in [0.25, 0.3) is 0 Å². The quantitative estimate of drug-likeness (QED) is 0.866. The first kappa shape index (κ1) is 12.1. The fraction of sp³-hybridized carbons (Fsp3) is 0.500. The summed E-state index contributed by atoms with van der Waals surface area (Å²) >= 11 is 0. The van der Waals surface area contributed by atoms with Crippen molar-refractivity contribution in [2.45, 2.75) is 19.3 Å². The fourth-order valence-electron chi connectivity index (χ4n) is 2.47. The van der Waals surface area contributed by atoms with E-state index >= 15 is 0 Å². The normalized spacial score (nSPS) is 22.5. The van der Waals surface area contributed by atoms with E-state index in [1.54, 1.807) is 0 Å². The number of benzene rings is 1. The molecule has 1 aliphatic rings. The highest BCUT2D eigenvalue weighted by atomic mass is 16.4. The van der Waals surface area contributed by atoms with E-state index in [-0.39, 0.29) is 5.92 Å². The number of rotatable bonds is 4. The maximum Gasteiger partial charge on any atom is 0.307 e. The van der Waals surface area contributed by atoms with Crippen LogP contribution in [0.15, 0.2) is 30.3 Å². The van der Waals surface area contributed by atoms with Gasteiger partial charge in [-0.25, -0.2) is 0 Å². The Morgan fingerprint density at radius 3 is 2.76 bits per heavy atom. The second kappa shape index (κ2) is 5.32. The molecule has 0 aliphatic carbocycles. The Balaban J connectivity index is 1.88. The third-order valence-electron chi connectivity index (χ3n) is 3.52. The van der Waals surface area contributed by atoms with Gasteiger partial charge < -0.3 is 10.0 Å². The summed E-state index contributed by atoms with van der Waals surface area (Å²) in [5.74, 6) is -0.360. The van der Waals surface area contributed by atoms with Gasteiger partial charge in [0.1, 0.15) is 0 Å². The van der Waals surface area contributed by atoms with Crippen molar-refractivity contribution < 1.29 is 9.90 Å². The minimum absolute atomic E-state index is 0.169. The minimum Gasteiger partial charge on any atom is -0.481 e. The highest BCUT2D eigenvalue weighted by Crippen LogP contribution is 2.21. The summed E-state index contributed by atoms with van der Waals surface area (Å²) in [6.45, 7) is 4.76. The number of nitrogens with zero attached hydrogens (tertiary/aromatic N) is 1. The Bertz CT molecular complexity index is 377. The Labute approximate surface area is 102 Å². The molecule has 1 aliphatic heterocycles. The van der Waals surface area contributed by atoms with Crippen LogP contribution >= 0.6 is 0 Å². The van der Waals surface area contributed by atoms with Gasteiger partial charge >= 0.3 is 5.97 Å². The summed E-state index contributed by atoms with van der Waals surface area (Å²) in [6, 6.07) is 10.4. The molecular weight excluding hydrogens is 214 g/mol. The van der Waals surface area contributed by atoms with Crippen LogP contribution in [0.4, 0.5) is 0 Å². The maximum atomic E-state index is 10.9. The average molecular weight is 233 g/mol. The molecule has 2 rings (SSSR count). The highest BCUT2D eigenvalue weighted by molar-refractivity contribution is 5.70. The van der Waals surface area contributed by atoms with Gasteiger partial charge in [-0.15, -0.1) is 0 Å². The van der Waals surface area contributed by atoms with E-state index in [1.807, 2.05) is 6.07 Å². The number of carboxylic acid groups (broad SMARTS) is 1. The number of aliphatic carboxylic acids is 1. The molecule has 0 amide bonds. The molecular formula is C14H19NO2. The fourth-order valence-corrected chi connectivity index (χ4v) is 2.47. The summed E-state index contributed by atoms with van der Waals surface area (Å²) < 4.78 is 0. The molecule has 1 fully saturated rings. The van der Waals surface area contributed by atoms with Gasteiger partial charge in [-0.2, -0.15) is 0 Å². The predicted molar refractivity (Wildman–Crippen MR) is 67.0 cm³/mol. The summed E-state index contributed by atoms with van der Waals surface area (Å²) in [7, 11) is 0. The summed E-state index contributed by atoms with van der Waals surface area (Å²) in [5, 5.41) is 8.96. The van der Waals surface area contributed by atoms with Crippen molar-refractivity contribution >= 4 is 5.97 Å². The third-order valence-corrected chi connectivity index (χ3v) is 3.52. The second-order valence-electron chi connectivity index (χ2n) is 4.90. The van der Waals surface area contributed by atoms with Crippen LogP contribution in [0, 0.1) is 5.92 Å². The van der Waals surface area contributed by atoms with E-state index in [4.69, 9.17) is 5.11 Å². The molecule has 0 spiro atoms. The first-order valence-electron chi connectivity index (χ1n) is 6.17. The van der Waals surface area contributed by atoms with Crippen molar-refractivity contribution in [3.63, 3.8) is 0 Å². The smallest absolute Gasteiger partial charge is 0.307 e. The van der Waals surface area contributed by atoms with Crippen LogP contribution in [-0.4, -0.2) is 35.6 Å². The van der Waals surface area contributed by atoms with Gasteiger partial charge in [0.2, 0.25) is 0 Å². The van der Waals surface area contributed by atoms with Crippen LogP contribution in [-0.2, 0) is 4.79 Å². The summed E-state index contributed by atoms with van der Waals surface area (Å²) in [5.41, 5.74) is 1.33.